The smallest absolute Gasteiger partial charge is 0.414 e. The molecule has 4 nitrogen and oxygen atoms in total. The minimum absolute atomic E-state index is 0.104. The SMILES string of the molecule is C/C(N)=C/C(=N)OC1=C(Cl)C=C(C(F)(F)F)CN1. The fourth-order valence-corrected chi connectivity index (χ4v) is 1.38. The first-order valence-corrected chi connectivity index (χ1v) is 5.19. The Labute approximate surface area is 106 Å². The second kappa shape index (κ2) is 5.34. The second-order valence-corrected chi connectivity index (χ2v) is 3.96. The molecule has 0 aromatic heterocycles. The van der Waals surface area contributed by atoms with E-state index in [0.717, 1.165) is 6.08 Å². The summed E-state index contributed by atoms with van der Waals surface area (Å²) in [6, 6.07) is 0. The van der Waals surface area contributed by atoms with Gasteiger partial charge in [-0.25, -0.2) is 0 Å². The van der Waals surface area contributed by atoms with Crippen molar-refractivity contribution < 1.29 is 17.9 Å². The van der Waals surface area contributed by atoms with E-state index in [4.69, 9.17) is 27.5 Å². The van der Waals surface area contributed by atoms with Crippen LogP contribution >= 0.6 is 11.6 Å². The average molecular weight is 282 g/mol. The minimum atomic E-state index is -4.44. The van der Waals surface area contributed by atoms with E-state index in [1.807, 2.05) is 0 Å². The number of rotatable bonds is 2. The number of ether oxygens (including phenoxy) is 1. The first-order valence-electron chi connectivity index (χ1n) is 4.81. The summed E-state index contributed by atoms with van der Waals surface area (Å²) >= 11 is 5.63. The Morgan fingerprint density at radius 2 is 2.22 bits per heavy atom. The molecule has 0 fully saturated rings. The Bertz CT molecular complexity index is 448. The van der Waals surface area contributed by atoms with E-state index >= 15 is 0 Å². The van der Waals surface area contributed by atoms with E-state index in [9.17, 15) is 13.2 Å². The highest BCUT2D eigenvalue weighted by Gasteiger charge is 2.35. The van der Waals surface area contributed by atoms with Gasteiger partial charge in [0, 0.05) is 18.3 Å². The van der Waals surface area contributed by atoms with Gasteiger partial charge in [0.15, 0.2) is 0 Å². The van der Waals surface area contributed by atoms with Gasteiger partial charge in [0.05, 0.1) is 5.57 Å². The summed E-state index contributed by atoms with van der Waals surface area (Å²) in [6.45, 7) is 1.08. The van der Waals surface area contributed by atoms with Gasteiger partial charge >= 0.3 is 6.18 Å². The van der Waals surface area contributed by atoms with Crippen LogP contribution in [0.2, 0.25) is 0 Å². The molecule has 18 heavy (non-hydrogen) atoms. The summed E-state index contributed by atoms with van der Waals surface area (Å²) < 4.78 is 42.1. The largest absolute Gasteiger partial charge is 0.422 e. The first kappa shape index (κ1) is 14.4. The average Bonchev–Trinajstić information content (AvgIpc) is 2.18. The standard InChI is InChI=1S/C10H11ClF3N3O/c1-5(15)2-8(16)18-9-7(11)3-6(4-17-9)10(12,13)14/h2-3,16-17H,4,15H2,1H3/b5-2-,16-8?. The molecule has 0 aliphatic carbocycles. The van der Waals surface area contributed by atoms with Crippen molar-refractivity contribution in [1.82, 2.24) is 5.32 Å². The van der Waals surface area contributed by atoms with Crippen LogP contribution in [0.25, 0.3) is 0 Å². The van der Waals surface area contributed by atoms with E-state index < -0.39 is 18.3 Å². The van der Waals surface area contributed by atoms with Gasteiger partial charge in [-0.2, -0.15) is 13.2 Å². The predicted molar refractivity (Wildman–Crippen MR) is 61.8 cm³/mol. The van der Waals surface area contributed by atoms with E-state index in [0.29, 0.717) is 5.70 Å². The van der Waals surface area contributed by atoms with Crippen molar-refractivity contribution in [3.05, 3.63) is 34.3 Å². The molecule has 0 bridgehead atoms. The Hall–Kier alpha value is -1.63. The summed E-state index contributed by atoms with van der Waals surface area (Å²) in [6.07, 6.45) is -2.47. The lowest BCUT2D eigenvalue weighted by atomic mass is 10.2. The van der Waals surface area contributed by atoms with Crippen LogP contribution in [0.1, 0.15) is 6.92 Å². The summed E-state index contributed by atoms with van der Waals surface area (Å²) in [7, 11) is 0. The van der Waals surface area contributed by atoms with Crippen molar-refractivity contribution in [2.75, 3.05) is 6.54 Å². The van der Waals surface area contributed by atoms with E-state index in [-0.39, 0.29) is 16.8 Å². The molecule has 1 aliphatic rings. The van der Waals surface area contributed by atoms with Crippen molar-refractivity contribution in [2.45, 2.75) is 13.1 Å². The Balaban J connectivity index is 2.84. The first-order chi connectivity index (χ1) is 8.20. The number of allylic oxidation sites excluding steroid dienone is 3. The Morgan fingerprint density at radius 3 is 2.67 bits per heavy atom. The molecule has 1 rings (SSSR count). The van der Waals surface area contributed by atoms with Gasteiger partial charge in [0.1, 0.15) is 5.03 Å². The number of hydrogen-bond acceptors (Lipinski definition) is 4. The summed E-state index contributed by atoms with van der Waals surface area (Å²) in [5.41, 5.74) is 4.85. The maximum Gasteiger partial charge on any atom is 0.414 e. The van der Waals surface area contributed by atoms with Crippen LogP contribution in [0.4, 0.5) is 13.2 Å². The summed E-state index contributed by atoms with van der Waals surface area (Å²) in [5, 5.41) is 9.47. The van der Waals surface area contributed by atoms with Crippen LogP contribution in [0.3, 0.4) is 0 Å². The quantitative estimate of drug-likeness (QED) is 0.537. The Kier molecular flexibility index (Phi) is 4.28. The van der Waals surface area contributed by atoms with Crippen molar-refractivity contribution in [3.8, 4) is 0 Å². The highest BCUT2D eigenvalue weighted by molar-refractivity contribution is 6.31. The third-order valence-corrected chi connectivity index (χ3v) is 2.17. The van der Waals surface area contributed by atoms with Crippen molar-refractivity contribution in [3.63, 3.8) is 0 Å². The molecule has 4 N–H and O–H groups in total. The lowest BCUT2D eigenvalue weighted by Crippen LogP contribution is -2.30. The molecule has 0 amide bonds. The van der Waals surface area contributed by atoms with Crippen LogP contribution in [0.15, 0.2) is 34.3 Å². The van der Waals surface area contributed by atoms with Crippen LogP contribution in [-0.2, 0) is 4.74 Å². The summed E-state index contributed by atoms with van der Waals surface area (Å²) in [5.74, 6) is -0.424. The molecule has 8 heteroatoms. The fraction of sp³-hybridized carbons (Fsp3) is 0.300. The molecule has 0 aromatic rings. The molecule has 100 valence electrons. The van der Waals surface area contributed by atoms with Crippen molar-refractivity contribution in [1.29, 1.82) is 5.41 Å². The predicted octanol–water partition coefficient (Wildman–Crippen LogP) is 2.34. The Morgan fingerprint density at radius 1 is 1.61 bits per heavy atom. The maximum atomic E-state index is 12.4. The molecular weight excluding hydrogens is 271 g/mol. The molecule has 0 atom stereocenters. The van der Waals surface area contributed by atoms with Crippen molar-refractivity contribution >= 4 is 17.5 Å². The zero-order chi connectivity index (χ0) is 13.9. The second-order valence-electron chi connectivity index (χ2n) is 3.55. The fourth-order valence-electron chi connectivity index (χ4n) is 1.14. The molecule has 0 aromatic carbocycles. The molecule has 1 heterocycles. The van der Waals surface area contributed by atoms with Gasteiger partial charge < -0.3 is 15.8 Å². The number of nitrogens with one attached hydrogen (secondary N) is 2. The minimum Gasteiger partial charge on any atom is -0.422 e. The third-order valence-electron chi connectivity index (χ3n) is 1.89. The maximum absolute atomic E-state index is 12.4. The van der Waals surface area contributed by atoms with Gasteiger partial charge in [-0.1, -0.05) is 11.6 Å². The van der Waals surface area contributed by atoms with Crippen LogP contribution in [0.5, 0.6) is 0 Å². The van der Waals surface area contributed by atoms with Crippen LogP contribution < -0.4 is 11.1 Å². The number of hydrogen-bond donors (Lipinski definition) is 3. The molecule has 0 spiro atoms. The number of alkyl halides is 3. The molecule has 0 saturated heterocycles. The van der Waals surface area contributed by atoms with Gasteiger partial charge in [-0.3, -0.25) is 5.41 Å². The van der Waals surface area contributed by atoms with Gasteiger partial charge in [-0.15, -0.1) is 0 Å². The monoisotopic (exact) mass is 281 g/mol. The highest BCUT2D eigenvalue weighted by atomic mass is 35.5. The normalized spacial score (nSPS) is 17.2. The number of nitrogens with two attached hydrogens (primary N) is 1. The van der Waals surface area contributed by atoms with E-state index in [1.54, 1.807) is 6.92 Å². The molecule has 0 radical (unpaired) electrons. The number of halogens is 4. The number of dihydropyridines is 1. The third kappa shape index (κ3) is 3.99. The zero-order valence-corrected chi connectivity index (χ0v) is 10.1. The lowest BCUT2D eigenvalue weighted by Gasteiger charge is -2.20. The summed E-state index contributed by atoms with van der Waals surface area (Å²) in [4.78, 5) is 0. The van der Waals surface area contributed by atoms with E-state index in [1.165, 1.54) is 6.08 Å². The van der Waals surface area contributed by atoms with Gasteiger partial charge in [-0.05, 0) is 13.0 Å². The molecule has 1 aliphatic heterocycles. The lowest BCUT2D eigenvalue weighted by molar-refractivity contribution is -0.0931. The van der Waals surface area contributed by atoms with Crippen LogP contribution in [0, 0.1) is 5.41 Å². The highest BCUT2D eigenvalue weighted by Crippen LogP contribution is 2.30. The van der Waals surface area contributed by atoms with Crippen LogP contribution in [-0.4, -0.2) is 18.6 Å². The molecular formula is C10H11ClF3N3O. The van der Waals surface area contributed by atoms with Gasteiger partial charge in [0.25, 0.3) is 0 Å². The molecule has 0 unspecified atom stereocenters. The van der Waals surface area contributed by atoms with Gasteiger partial charge in [0.2, 0.25) is 11.8 Å². The molecule has 0 saturated carbocycles. The van der Waals surface area contributed by atoms with Crippen molar-refractivity contribution in [2.24, 2.45) is 5.73 Å². The topological polar surface area (TPSA) is 71.1 Å². The zero-order valence-electron chi connectivity index (χ0n) is 9.36. The van der Waals surface area contributed by atoms with E-state index in [2.05, 4.69) is 5.32 Å².